The zero-order chi connectivity index (χ0) is 9.26. The molecule has 0 bridgehead atoms. The van der Waals surface area contributed by atoms with Crippen LogP contribution in [0.3, 0.4) is 0 Å². The normalized spacial score (nSPS) is 28.2. The lowest BCUT2D eigenvalue weighted by Crippen LogP contribution is -2.16. The van der Waals surface area contributed by atoms with E-state index in [0.717, 1.165) is 19.3 Å². The van der Waals surface area contributed by atoms with E-state index in [0.29, 0.717) is 5.92 Å². The van der Waals surface area contributed by atoms with Crippen molar-refractivity contribution in [3.05, 3.63) is 18.2 Å². The molecule has 3 nitrogen and oxygen atoms in total. The topological polar surface area (TPSA) is 38.0 Å². The van der Waals surface area contributed by atoms with Crippen LogP contribution in [-0.2, 0) is 13.5 Å². The third-order valence-corrected chi connectivity index (χ3v) is 3.01. The third kappa shape index (κ3) is 1.75. The monoisotopic (exact) mass is 180 g/mol. The Bertz CT molecular complexity index is 282. The lowest BCUT2D eigenvalue weighted by molar-refractivity contribution is 0.132. The van der Waals surface area contributed by atoms with Gasteiger partial charge in [-0.2, -0.15) is 0 Å². The molecular formula is C10H16N2O. The van der Waals surface area contributed by atoms with Gasteiger partial charge in [-0.3, -0.25) is 0 Å². The summed E-state index contributed by atoms with van der Waals surface area (Å²) in [6, 6.07) is 0. The maximum atomic E-state index is 9.65. The molecule has 1 heterocycles. The standard InChI is InChI=1S/C10H16N2O/c1-12-7-11-6-9(12)5-8-3-2-4-10(8)13/h6-8,10,13H,2-5H2,1H3. The van der Waals surface area contributed by atoms with E-state index in [4.69, 9.17) is 0 Å². The van der Waals surface area contributed by atoms with Gasteiger partial charge in [-0.15, -0.1) is 0 Å². The minimum Gasteiger partial charge on any atom is -0.393 e. The lowest BCUT2D eigenvalue weighted by Gasteiger charge is -2.13. The molecule has 2 unspecified atom stereocenters. The minimum atomic E-state index is -0.0881. The molecule has 1 aromatic heterocycles. The highest BCUT2D eigenvalue weighted by atomic mass is 16.3. The van der Waals surface area contributed by atoms with Crippen LogP contribution in [0.25, 0.3) is 0 Å². The fourth-order valence-electron chi connectivity index (χ4n) is 2.11. The summed E-state index contributed by atoms with van der Waals surface area (Å²) in [6.07, 6.45) is 7.90. The van der Waals surface area contributed by atoms with Crippen molar-refractivity contribution < 1.29 is 5.11 Å². The minimum absolute atomic E-state index is 0.0881. The first kappa shape index (κ1) is 8.75. The van der Waals surface area contributed by atoms with Crippen LogP contribution in [0.5, 0.6) is 0 Å². The van der Waals surface area contributed by atoms with Gasteiger partial charge in [0.1, 0.15) is 0 Å². The fraction of sp³-hybridized carbons (Fsp3) is 0.700. The Hall–Kier alpha value is -0.830. The van der Waals surface area contributed by atoms with E-state index < -0.39 is 0 Å². The van der Waals surface area contributed by atoms with E-state index in [-0.39, 0.29) is 6.10 Å². The van der Waals surface area contributed by atoms with Crippen molar-refractivity contribution in [3.63, 3.8) is 0 Å². The van der Waals surface area contributed by atoms with Gasteiger partial charge in [-0.1, -0.05) is 6.42 Å². The van der Waals surface area contributed by atoms with Crippen LogP contribution < -0.4 is 0 Å². The predicted molar refractivity (Wildman–Crippen MR) is 50.3 cm³/mol. The second kappa shape index (κ2) is 3.50. The molecule has 72 valence electrons. The van der Waals surface area contributed by atoms with Gasteiger partial charge in [-0.25, -0.2) is 4.98 Å². The molecule has 13 heavy (non-hydrogen) atoms. The molecule has 0 aliphatic heterocycles. The van der Waals surface area contributed by atoms with E-state index in [2.05, 4.69) is 4.98 Å². The Balaban J connectivity index is 2.01. The Morgan fingerprint density at radius 2 is 2.46 bits per heavy atom. The number of hydrogen-bond donors (Lipinski definition) is 1. The molecule has 0 spiro atoms. The number of nitrogens with zero attached hydrogens (tertiary/aromatic N) is 2. The van der Waals surface area contributed by atoms with E-state index >= 15 is 0 Å². The first-order valence-electron chi connectivity index (χ1n) is 4.90. The van der Waals surface area contributed by atoms with Crippen molar-refractivity contribution in [2.75, 3.05) is 0 Å². The highest BCUT2D eigenvalue weighted by molar-refractivity contribution is 5.00. The van der Waals surface area contributed by atoms with Crippen molar-refractivity contribution in [2.24, 2.45) is 13.0 Å². The molecule has 0 amide bonds. The highest BCUT2D eigenvalue weighted by Crippen LogP contribution is 2.28. The van der Waals surface area contributed by atoms with Crippen molar-refractivity contribution in [3.8, 4) is 0 Å². The number of aliphatic hydroxyl groups excluding tert-OH is 1. The Morgan fingerprint density at radius 1 is 1.62 bits per heavy atom. The second-order valence-corrected chi connectivity index (χ2v) is 3.96. The van der Waals surface area contributed by atoms with Gasteiger partial charge in [0.05, 0.1) is 12.4 Å². The van der Waals surface area contributed by atoms with Gasteiger partial charge in [0, 0.05) is 18.9 Å². The predicted octanol–water partition coefficient (Wildman–Crippen LogP) is 1.12. The van der Waals surface area contributed by atoms with E-state index in [1.807, 2.05) is 24.1 Å². The fourth-order valence-corrected chi connectivity index (χ4v) is 2.11. The van der Waals surface area contributed by atoms with Gasteiger partial charge < -0.3 is 9.67 Å². The van der Waals surface area contributed by atoms with Crippen molar-refractivity contribution in [1.82, 2.24) is 9.55 Å². The van der Waals surface area contributed by atoms with E-state index in [1.165, 1.54) is 12.1 Å². The third-order valence-electron chi connectivity index (χ3n) is 3.01. The summed E-state index contributed by atoms with van der Waals surface area (Å²) < 4.78 is 2.03. The molecule has 1 aliphatic carbocycles. The molecule has 2 rings (SSSR count). The van der Waals surface area contributed by atoms with Gasteiger partial charge in [0.25, 0.3) is 0 Å². The number of aryl methyl sites for hydroxylation is 1. The summed E-state index contributed by atoms with van der Waals surface area (Å²) in [5, 5.41) is 9.65. The van der Waals surface area contributed by atoms with Crippen molar-refractivity contribution in [2.45, 2.75) is 31.8 Å². The number of hydrogen-bond acceptors (Lipinski definition) is 2. The van der Waals surface area contributed by atoms with Crippen LogP contribution in [0.1, 0.15) is 25.0 Å². The Labute approximate surface area is 78.4 Å². The molecule has 1 saturated carbocycles. The largest absolute Gasteiger partial charge is 0.393 e. The van der Waals surface area contributed by atoms with Crippen molar-refractivity contribution in [1.29, 1.82) is 0 Å². The molecule has 3 heteroatoms. The maximum Gasteiger partial charge on any atom is 0.0945 e. The summed E-state index contributed by atoms with van der Waals surface area (Å²) >= 11 is 0. The Kier molecular flexibility index (Phi) is 2.36. The van der Waals surface area contributed by atoms with Gasteiger partial charge in [0.15, 0.2) is 0 Å². The van der Waals surface area contributed by atoms with Gasteiger partial charge >= 0.3 is 0 Å². The van der Waals surface area contributed by atoms with Crippen molar-refractivity contribution >= 4 is 0 Å². The van der Waals surface area contributed by atoms with E-state index in [9.17, 15) is 5.11 Å². The van der Waals surface area contributed by atoms with Crippen LogP contribution in [0.2, 0.25) is 0 Å². The summed E-state index contributed by atoms with van der Waals surface area (Å²) in [7, 11) is 2.00. The summed E-state index contributed by atoms with van der Waals surface area (Å²) in [4.78, 5) is 4.07. The van der Waals surface area contributed by atoms with Crippen LogP contribution in [0, 0.1) is 5.92 Å². The number of imidazole rings is 1. The van der Waals surface area contributed by atoms with Gasteiger partial charge in [0.2, 0.25) is 0 Å². The second-order valence-electron chi connectivity index (χ2n) is 3.96. The highest BCUT2D eigenvalue weighted by Gasteiger charge is 2.25. The molecular weight excluding hydrogens is 164 g/mol. The zero-order valence-corrected chi connectivity index (χ0v) is 7.98. The molecule has 1 fully saturated rings. The SMILES string of the molecule is Cn1cncc1CC1CCCC1O. The van der Waals surface area contributed by atoms with Gasteiger partial charge in [-0.05, 0) is 25.2 Å². The zero-order valence-electron chi connectivity index (χ0n) is 7.98. The van der Waals surface area contributed by atoms with E-state index in [1.54, 1.807) is 0 Å². The van der Waals surface area contributed by atoms with Crippen LogP contribution in [0.4, 0.5) is 0 Å². The smallest absolute Gasteiger partial charge is 0.0945 e. The first-order valence-corrected chi connectivity index (χ1v) is 4.90. The molecule has 0 saturated heterocycles. The van der Waals surface area contributed by atoms with Crippen LogP contribution in [-0.4, -0.2) is 20.8 Å². The molecule has 0 radical (unpaired) electrons. The first-order chi connectivity index (χ1) is 6.27. The summed E-state index contributed by atoms with van der Waals surface area (Å²) in [5.74, 6) is 0.454. The molecule has 1 aliphatic rings. The van der Waals surface area contributed by atoms with Crippen LogP contribution in [0.15, 0.2) is 12.5 Å². The molecule has 2 atom stereocenters. The number of aromatic nitrogens is 2. The summed E-state index contributed by atoms with van der Waals surface area (Å²) in [5.41, 5.74) is 1.23. The average molecular weight is 180 g/mol. The number of aliphatic hydroxyl groups is 1. The maximum absolute atomic E-state index is 9.65. The van der Waals surface area contributed by atoms with Crippen LogP contribution >= 0.6 is 0 Å². The lowest BCUT2D eigenvalue weighted by atomic mass is 10.00. The quantitative estimate of drug-likeness (QED) is 0.740. The number of rotatable bonds is 2. The molecule has 0 aromatic carbocycles. The average Bonchev–Trinajstić information content (AvgIpc) is 2.65. The summed E-state index contributed by atoms with van der Waals surface area (Å²) in [6.45, 7) is 0. The Morgan fingerprint density at radius 3 is 3.00 bits per heavy atom. The molecule has 1 aromatic rings. The molecule has 1 N–H and O–H groups in total.